The van der Waals surface area contributed by atoms with Gasteiger partial charge >= 0.3 is 0 Å². The normalized spacial score (nSPS) is 11.5. The second kappa shape index (κ2) is 6.70. The summed E-state index contributed by atoms with van der Waals surface area (Å²) >= 11 is 0. The van der Waals surface area contributed by atoms with Gasteiger partial charge in [-0.25, -0.2) is 0 Å². The Morgan fingerprint density at radius 3 is 2.23 bits per heavy atom. The van der Waals surface area contributed by atoms with Crippen LogP contribution in [-0.4, -0.2) is 24.3 Å². The summed E-state index contributed by atoms with van der Waals surface area (Å²) in [6.45, 7) is 14.3. The zero-order valence-corrected chi connectivity index (χ0v) is 9.33. The van der Waals surface area contributed by atoms with E-state index in [0.717, 1.165) is 13.1 Å². The first-order chi connectivity index (χ1) is 6.06. The van der Waals surface area contributed by atoms with E-state index in [4.69, 9.17) is 0 Å². The van der Waals surface area contributed by atoms with E-state index in [1.165, 1.54) is 0 Å². The zero-order chi connectivity index (χ0) is 10.3. The fourth-order valence-corrected chi connectivity index (χ4v) is 0.953. The SMILES string of the molecule is C=CN(/C=N/CC(C)C)CC(C)C. The summed E-state index contributed by atoms with van der Waals surface area (Å²) in [7, 11) is 0. The van der Waals surface area contributed by atoms with Crippen LogP contribution in [0.3, 0.4) is 0 Å². The average molecular weight is 182 g/mol. The monoisotopic (exact) mass is 182 g/mol. The minimum absolute atomic E-state index is 0.627. The summed E-state index contributed by atoms with van der Waals surface area (Å²) in [6, 6.07) is 0. The number of hydrogen-bond acceptors (Lipinski definition) is 1. The fraction of sp³-hybridized carbons (Fsp3) is 0.727. The van der Waals surface area contributed by atoms with Gasteiger partial charge in [-0.15, -0.1) is 0 Å². The molecule has 0 N–H and O–H groups in total. The predicted molar refractivity (Wildman–Crippen MR) is 59.9 cm³/mol. The minimum atomic E-state index is 0.627. The van der Waals surface area contributed by atoms with Crippen LogP contribution < -0.4 is 0 Å². The molecule has 0 rings (SSSR count). The van der Waals surface area contributed by atoms with Crippen molar-refractivity contribution in [1.29, 1.82) is 0 Å². The molecule has 0 fully saturated rings. The van der Waals surface area contributed by atoms with Crippen LogP contribution in [0, 0.1) is 11.8 Å². The van der Waals surface area contributed by atoms with Gasteiger partial charge in [-0.2, -0.15) is 0 Å². The Bertz CT molecular complexity index is 159. The Kier molecular flexibility index (Phi) is 6.29. The molecule has 2 heteroatoms. The fourth-order valence-electron chi connectivity index (χ4n) is 0.953. The van der Waals surface area contributed by atoms with E-state index < -0.39 is 0 Å². The summed E-state index contributed by atoms with van der Waals surface area (Å²) in [5.41, 5.74) is 0. The standard InChI is InChI=1S/C11H22N2/c1-6-13(8-11(4)5)9-12-7-10(2)3/h6,9-11H,1,7-8H2,2-5H3/b12-9+. The lowest BCUT2D eigenvalue weighted by Crippen LogP contribution is -2.20. The van der Waals surface area contributed by atoms with Crippen LogP contribution in [0.1, 0.15) is 27.7 Å². The maximum Gasteiger partial charge on any atom is 0.0889 e. The molecule has 0 amide bonds. The second-order valence-electron chi connectivity index (χ2n) is 4.15. The van der Waals surface area contributed by atoms with Crippen LogP contribution >= 0.6 is 0 Å². The van der Waals surface area contributed by atoms with Crippen molar-refractivity contribution < 1.29 is 0 Å². The van der Waals surface area contributed by atoms with Gasteiger partial charge in [0.2, 0.25) is 0 Å². The van der Waals surface area contributed by atoms with Gasteiger partial charge in [-0.05, 0) is 18.0 Å². The van der Waals surface area contributed by atoms with Crippen molar-refractivity contribution in [2.24, 2.45) is 16.8 Å². The van der Waals surface area contributed by atoms with Gasteiger partial charge in [0.05, 0.1) is 6.34 Å². The van der Waals surface area contributed by atoms with Crippen LogP contribution in [0.5, 0.6) is 0 Å². The largest absolute Gasteiger partial charge is 0.340 e. The van der Waals surface area contributed by atoms with Crippen LogP contribution in [0.2, 0.25) is 0 Å². The Hall–Kier alpha value is -0.790. The molecule has 0 aliphatic rings. The summed E-state index contributed by atoms with van der Waals surface area (Å²) in [5, 5.41) is 0. The highest BCUT2D eigenvalue weighted by molar-refractivity contribution is 5.56. The molecule has 2 nitrogen and oxygen atoms in total. The van der Waals surface area contributed by atoms with Gasteiger partial charge in [0.25, 0.3) is 0 Å². The lowest BCUT2D eigenvalue weighted by Gasteiger charge is -2.16. The highest BCUT2D eigenvalue weighted by Crippen LogP contribution is 1.97. The maximum atomic E-state index is 4.32. The van der Waals surface area contributed by atoms with Crippen molar-refractivity contribution >= 4 is 6.34 Å². The van der Waals surface area contributed by atoms with E-state index >= 15 is 0 Å². The zero-order valence-electron chi connectivity index (χ0n) is 9.33. The molecular weight excluding hydrogens is 160 g/mol. The summed E-state index contributed by atoms with van der Waals surface area (Å²) in [4.78, 5) is 6.36. The van der Waals surface area contributed by atoms with E-state index in [1.54, 1.807) is 0 Å². The van der Waals surface area contributed by atoms with Crippen molar-refractivity contribution in [1.82, 2.24) is 4.90 Å². The van der Waals surface area contributed by atoms with E-state index in [-0.39, 0.29) is 0 Å². The molecule has 0 aliphatic heterocycles. The third-order valence-electron chi connectivity index (χ3n) is 1.51. The molecule has 0 spiro atoms. The summed E-state index contributed by atoms with van der Waals surface area (Å²) in [6.07, 6.45) is 3.71. The van der Waals surface area contributed by atoms with Gasteiger partial charge in [0.15, 0.2) is 0 Å². The first-order valence-electron chi connectivity index (χ1n) is 4.94. The number of rotatable bonds is 6. The molecular formula is C11H22N2. The number of nitrogens with zero attached hydrogens (tertiary/aromatic N) is 2. The molecule has 0 heterocycles. The summed E-state index contributed by atoms with van der Waals surface area (Å²) in [5.74, 6) is 1.27. The van der Waals surface area contributed by atoms with Gasteiger partial charge in [0, 0.05) is 13.1 Å². The molecule has 0 aromatic carbocycles. The number of aliphatic imine (C=N–C) groups is 1. The van der Waals surface area contributed by atoms with Crippen molar-refractivity contribution in [3.63, 3.8) is 0 Å². The van der Waals surface area contributed by atoms with Crippen molar-refractivity contribution in [3.05, 3.63) is 12.8 Å². The minimum Gasteiger partial charge on any atom is -0.340 e. The maximum absolute atomic E-state index is 4.32. The first kappa shape index (κ1) is 12.2. The quantitative estimate of drug-likeness (QED) is 0.455. The molecule has 0 saturated carbocycles. The van der Waals surface area contributed by atoms with Gasteiger partial charge in [0.1, 0.15) is 0 Å². The molecule has 0 aliphatic carbocycles. The van der Waals surface area contributed by atoms with E-state index in [9.17, 15) is 0 Å². The highest BCUT2D eigenvalue weighted by atomic mass is 15.1. The molecule has 0 bridgehead atoms. The smallest absolute Gasteiger partial charge is 0.0889 e. The molecule has 0 radical (unpaired) electrons. The third-order valence-corrected chi connectivity index (χ3v) is 1.51. The first-order valence-corrected chi connectivity index (χ1v) is 4.94. The Morgan fingerprint density at radius 1 is 1.23 bits per heavy atom. The second-order valence-corrected chi connectivity index (χ2v) is 4.15. The van der Waals surface area contributed by atoms with Gasteiger partial charge < -0.3 is 4.90 Å². The topological polar surface area (TPSA) is 15.6 Å². The lowest BCUT2D eigenvalue weighted by molar-refractivity contribution is 0.466. The molecule has 0 unspecified atom stereocenters. The molecule has 0 saturated heterocycles. The molecule has 0 aromatic heterocycles. The summed E-state index contributed by atoms with van der Waals surface area (Å²) < 4.78 is 0. The predicted octanol–water partition coefficient (Wildman–Crippen LogP) is 2.77. The lowest BCUT2D eigenvalue weighted by atomic mass is 10.2. The van der Waals surface area contributed by atoms with Crippen LogP contribution in [-0.2, 0) is 0 Å². The van der Waals surface area contributed by atoms with Crippen molar-refractivity contribution in [3.8, 4) is 0 Å². The van der Waals surface area contributed by atoms with Gasteiger partial charge in [-0.3, -0.25) is 4.99 Å². The van der Waals surface area contributed by atoms with E-state index in [0.29, 0.717) is 11.8 Å². The Balaban J connectivity index is 3.83. The van der Waals surface area contributed by atoms with Crippen molar-refractivity contribution in [2.75, 3.05) is 13.1 Å². The third kappa shape index (κ3) is 7.57. The van der Waals surface area contributed by atoms with E-state index in [1.807, 2.05) is 17.4 Å². The molecule has 76 valence electrons. The Morgan fingerprint density at radius 2 is 1.85 bits per heavy atom. The van der Waals surface area contributed by atoms with Crippen LogP contribution in [0.15, 0.2) is 17.8 Å². The molecule has 0 aromatic rings. The molecule has 13 heavy (non-hydrogen) atoms. The van der Waals surface area contributed by atoms with Crippen LogP contribution in [0.25, 0.3) is 0 Å². The van der Waals surface area contributed by atoms with Crippen LogP contribution in [0.4, 0.5) is 0 Å². The van der Waals surface area contributed by atoms with Crippen molar-refractivity contribution in [2.45, 2.75) is 27.7 Å². The molecule has 0 atom stereocenters. The van der Waals surface area contributed by atoms with E-state index in [2.05, 4.69) is 39.3 Å². The highest BCUT2D eigenvalue weighted by Gasteiger charge is 1.98. The average Bonchev–Trinajstić information content (AvgIpc) is 2.01. The van der Waals surface area contributed by atoms with Gasteiger partial charge in [-0.1, -0.05) is 34.3 Å². The number of hydrogen-bond donors (Lipinski definition) is 0. The Labute approximate surface area is 82.4 Å².